The van der Waals surface area contributed by atoms with Gasteiger partial charge < -0.3 is 0 Å². The molecule has 0 aromatic heterocycles. The third-order valence-corrected chi connectivity index (χ3v) is 19.3. The van der Waals surface area contributed by atoms with Gasteiger partial charge in [0.05, 0.1) is 0 Å². The topological polar surface area (TPSA) is 0 Å². The van der Waals surface area contributed by atoms with Crippen molar-refractivity contribution >= 4 is 41.3 Å². The Morgan fingerprint density at radius 1 is 0.243 bits per heavy atom. The van der Waals surface area contributed by atoms with E-state index in [9.17, 15) is 65.9 Å². The van der Waals surface area contributed by atoms with Crippen LogP contribution in [0.5, 0.6) is 0 Å². The summed E-state index contributed by atoms with van der Waals surface area (Å²) in [5.74, 6) is -38.6. The molecule has 19 heteroatoms. The number of rotatable bonds is 6. The van der Waals surface area contributed by atoms with Crippen LogP contribution in [0.2, 0.25) is 0 Å². The molecule has 0 aliphatic heterocycles. The van der Waals surface area contributed by atoms with Crippen LogP contribution in [-0.4, -0.2) is 11.2 Å². The van der Waals surface area contributed by atoms with Crippen molar-refractivity contribution in [2.24, 2.45) is 0 Å². The van der Waals surface area contributed by atoms with Gasteiger partial charge >= 0.3 is 209 Å². The van der Waals surface area contributed by atoms with E-state index in [0.717, 1.165) is 0 Å². The Morgan fingerprint density at radius 2 is 0.378 bits per heavy atom. The molecule has 0 atom stereocenters. The first-order chi connectivity index (χ1) is 17.1. The standard InChI is InChI=1S/C18AsF15S3/c20-1-4(23)10(29)16(11(30)5(1)24)35-19(36-17-12(31)6(25)2(21)7(26)13(17)32)37-18-14(33)8(27)3(22)9(28)15(18)34. The molecule has 0 spiro atoms. The van der Waals surface area contributed by atoms with Gasteiger partial charge in [0.25, 0.3) is 0 Å². The van der Waals surface area contributed by atoms with Crippen molar-refractivity contribution in [2.45, 2.75) is 14.7 Å². The van der Waals surface area contributed by atoms with E-state index in [1.165, 1.54) is 0 Å². The maximum atomic E-state index is 14.1. The Labute approximate surface area is 208 Å². The second-order valence-electron chi connectivity index (χ2n) is 6.19. The van der Waals surface area contributed by atoms with Crippen molar-refractivity contribution in [1.29, 1.82) is 0 Å². The average molecular weight is 672 g/mol. The number of halogens is 15. The SMILES string of the molecule is Fc1c(F)c(F)c(S[As](Sc2c(F)c(F)c(F)c(F)c2F)Sc2c(F)c(F)c(F)c(F)c2F)c(F)c1F. The summed E-state index contributed by atoms with van der Waals surface area (Å²) < 4.78 is 206. The van der Waals surface area contributed by atoms with Crippen molar-refractivity contribution < 1.29 is 65.9 Å². The van der Waals surface area contributed by atoms with Gasteiger partial charge in [0.1, 0.15) is 0 Å². The molecule has 0 bridgehead atoms. The minimum absolute atomic E-state index is 0.534. The zero-order valence-electron chi connectivity index (χ0n) is 16.3. The fourth-order valence-electron chi connectivity index (χ4n) is 2.27. The summed E-state index contributed by atoms with van der Waals surface area (Å²) in [7, 11) is -1.60. The summed E-state index contributed by atoms with van der Waals surface area (Å²) in [4.78, 5) is -5.45. The van der Waals surface area contributed by atoms with Crippen molar-refractivity contribution in [3.63, 3.8) is 0 Å². The van der Waals surface area contributed by atoms with Gasteiger partial charge in [0.2, 0.25) is 0 Å². The first-order valence-electron chi connectivity index (χ1n) is 8.49. The van der Waals surface area contributed by atoms with Crippen LogP contribution in [0.25, 0.3) is 0 Å². The van der Waals surface area contributed by atoms with Crippen molar-refractivity contribution in [3.05, 3.63) is 87.3 Å². The third-order valence-electron chi connectivity index (χ3n) is 4.01. The predicted molar refractivity (Wildman–Crippen MR) is 102 cm³/mol. The zero-order chi connectivity index (χ0) is 28.1. The first kappa shape index (κ1) is 29.8. The molecule has 37 heavy (non-hydrogen) atoms. The number of hydrogen-bond acceptors (Lipinski definition) is 3. The van der Waals surface area contributed by atoms with Gasteiger partial charge in [-0.15, -0.1) is 0 Å². The fraction of sp³-hybridized carbons (Fsp3) is 0. The van der Waals surface area contributed by atoms with Crippen LogP contribution in [0, 0.1) is 87.3 Å². The number of hydrogen-bond donors (Lipinski definition) is 0. The third kappa shape index (κ3) is 5.25. The summed E-state index contributed by atoms with van der Waals surface area (Å²) in [6, 6.07) is 0. The van der Waals surface area contributed by atoms with Gasteiger partial charge in [0, 0.05) is 0 Å². The molecule has 0 unspecified atom stereocenters. The van der Waals surface area contributed by atoms with Gasteiger partial charge in [-0.3, -0.25) is 0 Å². The Morgan fingerprint density at radius 3 is 0.541 bits per heavy atom. The molecule has 0 amide bonds. The molecule has 200 valence electrons. The van der Waals surface area contributed by atoms with E-state index in [-0.39, 0.29) is 0 Å². The first-order valence-corrected chi connectivity index (χ1v) is 17.7. The maximum absolute atomic E-state index is 14.1. The molecular weight excluding hydrogens is 672 g/mol. The fourth-order valence-corrected chi connectivity index (χ4v) is 19.1. The molecule has 3 aromatic carbocycles. The molecule has 0 saturated heterocycles. The van der Waals surface area contributed by atoms with Crippen molar-refractivity contribution in [1.82, 2.24) is 0 Å². The van der Waals surface area contributed by atoms with E-state index in [2.05, 4.69) is 0 Å². The quantitative estimate of drug-likeness (QED) is 0.112. The van der Waals surface area contributed by atoms with Gasteiger partial charge in [0.15, 0.2) is 0 Å². The molecule has 0 aliphatic rings. The van der Waals surface area contributed by atoms with Crippen LogP contribution in [-0.2, 0) is 0 Å². The molecule has 3 aromatic rings. The van der Waals surface area contributed by atoms with Crippen LogP contribution in [0.4, 0.5) is 65.9 Å². The summed E-state index contributed by atoms with van der Waals surface area (Å²) in [6.45, 7) is 0. The molecule has 0 aliphatic carbocycles. The monoisotopic (exact) mass is 672 g/mol. The minimum atomic E-state index is -4.40. The summed E-state index contributed by atoms with van der Waals surface area (Å²) in [5.41, 5.74) is 0. The Bertz CT molecular complexity index is 1170. The van der Waals surface area contributed by atoms with Gasteiger partial charge in [-0.25, -0.2) is 0 Å². The molecule has 0 radical (unpaired) electrons. The second-order valence-corrected chi connectivity index (χ2v) is 21.6. The molecule has 0 nitrogen and oxygen atoms in total. The Hall–Kier alpha value is -1.78. The van der Waals surface area contributed by atoms with E-state index < -0.39 is 143 Å². The van der Waals surface area contributed by atoms with Gasteiger partial charge in [-0.05, 0) is 0 Å². The molecule has 0 N–H and O–H groups in total. The van der Waals surface area contributed by atoms with Crippen molar-refractivity contribution in [3.8, 4) is 0 Å². The molecule has 0 saturated carbocycles. The van der Waals surface area contributed by atoms with E-state index in [4.69, 9.17) is 0 Å². The number of benzene rings is 3. The normalized spacial score (nSPS) is 11.7. The zero-order valence-corrected chi connectivity index (χ0v) is 20.7. The summed E-state index contributed by atoms with van der Waals surface area (Å²) >= 11 is -4.40. The molecular formula is C18AsF15S3. The van der Waals surface area contributed by atoms with Gasteiger partial charge in [-0.2, -0.15) is 0 Å². The van der Waals surface area contributed by atoms with E-state index in [1.54, 1.807) is 0 Å². The Balaban J connectivity index is 2.22. The summed E-state index contributed by atoms with van der Waals surface area (Å²) in [5, 5.41) is 0. The van der Waals surface area contributed by atoms with Crippen LogP contribution < -0.4 is 0 Å². The average Bonchev–Trinajstić information content (AvgIpc) is 2.88. The second kappa shape index (κ2) is 11.1. The molecule has 0 fully saturated rings. The van der Waals surface area contributed by atoms with Crippen LogP contribution >= 0.6 is 30.1 Å². The molecule has 0 heterocycles. The Kier molecular flexibility index (Phi) is 8.96. The van der Waals surface area contributed by atoms with Crippen LogP contribution in [0.3, 0.4) is 0 Å². The van der Waals surface area contributed by atoms with Gasteiger partial charge in [-0.1, -0.05) is 0 Å². The van der Waals surface area contributed by atoms with E-state index in [1.807, 2.05) is 0 Å². The van der Waals surface area contributed by atoms with Crippen LogP contribution in [0.1, 0.15) is 0 Å². The van der Waals surface area contributed by atoms with Crippen LogP contribution in [0.15, 0.2) is 14.7 Å². The van der Waals surface area contributed by atoms with E-state index >= 15 is 0 Å². The predicted octanol–water partition coefficient (Wildman–Crippen LogP) is 8.43. The van der Waals surface area contributed by atoms with E-state index in [0.29, 0.717) is 0 Å². The van der Waals surface area contributed by atoms with Crippen molar-refractivity contribution in [2.75, 3.05) is 0 Å². The molecule has 3 rings (SSSR count). The summed E-state index contributed by atoms with van der Waals surface area (Å²) in [6.07, 6.45) is 0.